The molecule has 0 spiro atoms. The van der Waals surface area contributed by atoms with Crippen molar-refractivity contribution in [1.29, 1.82) is 0 Å². The Labute approximate surface area is 133 Å². The van der Waals surface area contributed by atoms with E-state index in [0.29, 0.717) is 25.3 Å². The van der Waals surface area contributed by atoms with Crippen LogP contribution in [0.4, 0.5) is 0 Å². The molecule has 0 N–H and O–H groups in total. The zero-order valence-corrected chi connectivity index (χ0v) is 12.6. The molecule has 2 aromatic heterocycles. The lowest BCUT2D eigenvalue weighted by Crippen LogP contribution is -2.39. The summed E-state index contributed by atoms with van der Waals surface area (Å²) in [6, 6.07) is 7.23. The standard InChI is InChI=1S/C17H17N3O3/c21-16-9-14-13(20(16)11-12-3-1-6-18-10-12)5-7-19(14)17(22)15-4-2-8-23-15/h1-4,6,8,10,13-14H,5,7,9,11H2/t13-,14+/m1/s1. The van der Waals surface area contributed by atoms with E-state index in [-0.39, 0.29) is 23.9 Å². The van der Waals surface area contributed by atoms with E-state index < -0.39 is 0 Å². The number of fused-ring (bicyclic) bond motifs is 1. The predicted molar refractivity (Wildman–Crippen MR) is 81.3 cm³/mol. The van der Waals surface area contributed by atoms with Crippen molar-refractivity contribution in [3.8, 4) is 0 Å². The van der Waals surface area contributed by atoms with E-state index in [4.69, 9.17) is 4.42 Å². The van der Waals surface area contributed by atoms with E-state index in [2.05, 4.69) is 4.98 Å². The highest BCUT2D eigenvalue weighted by molar-refractivity contribution is 5.93. The molecule has 2 aromatic rings. The number of rotatable bonds is 3. The molecule has 2 atom stereocenters. The van der Waals surface area contributed by atoms with Gasteiger partial charge in [0.15, 0.2) is 5.76 Å². The summed E-state index contributed by atoms with van der Waals surface area (Å²) < 4.78 is 5.21. The molecule has 0 radical (unpaired) electrons. The minimum atomic E-state index is -0.126. The van der Waals surface area contributed by atoms with Crippen molar-refractivity contribution in [2.75, 3.05) is 6.54 Å². The van der Waals surface area contributed by atoms with E-state index in [0.717, 1.165) is 12.0 Å². The van der Waals surface area contributed by atoms with Crippen molar-refractivity contribution < 1.29 is 14.0 Å². The molecule has 4 heterocycles. The Balaban J connectivity index is 1.52. The smallest absolute Gasteiger partial charge is 0.289 e. The molecule has 0 unspecified atom stereocenters. The number of likely N-dealkylation sites (tertiary alicyclic amines) is 2. The lowest BCUT2D eigenvalue weighted by Gasteiger charge is -2.25. The molecule has 2 fully saturated rings. The lowest BCUT2D eigenvalue weighted by molar-refractivity contribution is -0.129. The summed E-state index contributed by atoms with van der Waals surface area (Å²) in [5, 5.41) is 0. The molecular formula is C17H17N3O3. The summed E-state index contributed by atoms with van der Waals surface area (Å²) in [6.07, 6.45) is 6.19. The van der Waals surface area contributed by atoms with Gasteiger partial charge in [0.1, 0.15) is 0 Å². The third-order valence-corrected chi connectivity index (χ3v) is 4.68. The quantitative estimate of drug-likeness (QED) is 0.865. The average molecular weight is 311 g/mol. The summed E-state index contributed by atoms with van der Waals surface area (Å²) in [4.78, 5) is 32.7. The molecule has 0 aliphatic carbocycles. The number of furan rings is 1. The number of amides is 2. The fourth-order valence-electron chi connectivity index (χ4n) is 3.62. The van der Waals surface area contributed by atoms with Gasteiger partial charge in [0.2, 0.25) is 5.91 Å². The van der Waals surface area contributed by atoms with Crippen LogP contribution >= 0.6 is 0 Å². The maximum absolute atomic E-state index is 12.5. The van der Waals surface area contributed by atoms with E-state index in [1.165, 1.54) is 6.26 Å². The minimum absolute atomic E-state index is 0.0585. The van der Waals surface area contributed by atoms with Crippen LogP contribution < -0.4 is 0 Å². The Hall–Kier alpha value is -2.63. The monoisotopic (exact) mass is 311 g/mol. The third-order valence-electron chi connectivity index (χ3n) is 4.68. The number of aromatic nitrogens is 1. The Morgan fingerprint density at radius 2 is 2.22 bits per heavy atom. The number of carbonyl (C=O) groups excluding carboxylic acids is 2. The highest BCUT2D eigenvalue weighted by atomic mass is 16.3. The molecule has 2 aliphatic rings. The summed E-state index contributed by atoms with van der Waals surface area (Å²) in [7, 11) is 0. The van der Waals surface area contributed by atoms with Crippen LogP contribution in [0.2, 0.25) is 0 Å². The van der Waals surface area contributed by atoms with Crippen LogP contribution in [-0.2, 0) is 11.3 Å². The van der Waals surface area contributed by atoms with Crippen molar-refractivity contribution in [3.63, 3.8) is 0 Å². The van der Waals surface area contributed by atoms with Crippen LogP contribution in [0.3, 0.4) is 0 Å². The number of pyridine rings is 1. The van der Waals surface area contributed by atoms with Crippen LogP contribution in [0.1, 0.15) is 29.0 Å². The summed E-state index contributed by atoms with van der Waals surface area (Å²) in [6.45, 7) is 1.21. The Bertz CT molecular complexity index is 714. The first kappa shape index (κ1) is 14.0. The molecule has 118 valence electrons. The summed E-state index contributed by atoms with van der Waals surface area (Å²) in [5.74, 6) is 0.308. The van der Waals surface area contributed by atoms with Gasteiger partial charge in [-0.1, -0.05) is 6.07 Å². The molecular weight excluding hydrogens is 294 g/mol. The Kier molecular flexibility index (Phi) is 3.37. The van der Waals surface area contributed by atoms with Gasteiger partial charge in [-0.25, -0.2) is 0 Å². The highest BCUT2D eigenvalue weighted by Crippen LogP contribution is 2.34. The van der Waals surface area contributed by atoms with Crippen LogP contribution in [0, 0.1) is 0 Å². The van der Waals surface area contributed by atoms with Gasteiger partial charge >= 0.3 is 0 Å². The highest BCUT2D eigenvalue weighted by Gasteiger charge is 2.48. The maximum atomic E-state index is 12.5. The number of carbonyl (C=O) groups is 2. The molecule has 0 saturated carbocycles. The molecule has 23 heavy (non-hydrogen) atoms. The van der Waals surface area contributed by atoms with E-state index in [1.54, 1.807) is 29.4 Å². The third kappa shape index (κ3) is 2.40. The molecule has 4 rings (SSSR count). The second kappa shape index (κ2) is 5.53. The normalized spacial score (nSPS) is 23.4. The summed E-state index contributed by atoms with van der Waals surface area (Å²) >= 11 is 0. The van der Waals surface area contributed by atoms with Gasteiger partial charge in [0.05, 0.1) is 18.3 Å². The van der Waals surface area contributed by atoms with Crippen LogP contribution in [0.25, 0.3) is 0 Å². The van der Waals surface area contributed by atoms with Gasteiger partial charge in [-0.2, -0.15) is 0 Å². The maximum Gasteiger partial charge on any atom is 0.289 e. The van der Waals surface area contributed by atoms with Gasteiger partial charge in [0.25, 0.3) is 5.91 Å². The Morgan fingerprint density at radius 3 is 2.96 bits per heavy atom. The van der Waals surface area contributed by atoms with Crippen molar-refractivity contribution in [2.45, 2.75) is 31.5 Å². The van der Waals surface area contributed by atoms with Crippen LogP contribution in [0.5, 0.6) is 0 Å². The second-order valence-corrected chi connectivity index (χ2v) is 5.99. The largest absolute Gasteiger partial charge is 0.459 e. The lowest BCUT2D eigenvalue weighted by atomic mass is 10.1. The van der Waals surface area contributed by atoms with Crippen molar-refractivity contribution >= 4 is 11.8 Å². The molecule has 6 heteroatoms. The fraction of sp³-hybridized carbons (Fsp3) is 0.353. The van der Waals surface area contributed by atoms with Gasteiger partial charge in [0, 0.05) is 31.9 Å². The van der Waals surface area contributed by atoms with Gasteiger partial charge in [-0.3, -0.25) is 14.6 Å². The average Bonchev–Trinajstić information content (AvgIpc) is 3.27. The first-order valence-electron chi connectivity index (χ1n) is 7.77. The zero-order valence-electron chi connectivity index (χ0n) is 12.6. The topological polar surface area (TPSA) is 66.7 Å². The van der Waals surface area contributed by atoms with Gasteiger partial charge < -0.3 is 14.2 Å². The van der Waals surface area contributed by atoms with E-state index in [1.807, 2.05) is 17.0 Å². The van der Waals surface area contributed by atoms with E-state index in [9.17, 15) is 9.59 Å². The SMILES string of the molecule is O=C1C[C@H]2[C@@H](CCN2C(=O)c2ccco2)N1Cc1cccnc1. The van der Waals surface area contributed by atoms with E-state index >= 15 is 0 Å². The van der Waals surface area contributed by atoms with Crippen LogP contribution in [-0.4, -0.2) is 45.2 Å². The van der Waals surface area contributed by atoms with Crippen molar-refractivity contribution in [2.24, 2.45) is 0 Å². The predicted octanol–water partition coefficient (Wildman–Crippen LogP) is 1.69. The fourth-order valence-corrected chi connectivity index (χ4v) is 3.62. The van der Waals surface area contributed by atoms with Gasteiger partial charge in [-0.15, -0.1) is 0 Å². The van der Waals surface area contributed by atoms with Gasteiger partial charge in [-0.05, 0) is 30.2 Å². The molecule has 2 aliphatic heterocycles. The molecule has 2 amide bonds. The number of nitrogens with zero attached hydrogens (tertiary/aromatic N) is 3. The first-order chi connectivity index (χ1) is 11.2. The summed E-state index contributed by atoms with van der Waals surface area (Å²) in [5.41, 5.74) is 1.01. The van der Waals surface area contributed by atoms with Crippen molar-refractivity contribution in [1.82, 2.24) is 14.8 Å². The number of hydrogen-bond donors (Lipinski definition) is 0. The molecule has 0 aromatic carbocycles. The zero-order chi connectivity index (χ0) is 15.8. The van der Waals surface area contributed by atoms with Crippen LogP contribution in [0.15, 0.2) is 47.3 Å². The minimum Gasteiger partial charge on any atom is -0.459 e. The second-order valence-electron chi connectivity index (χ2n) is 5.99. The molecule has 2 saturated heterocycles. The molecule has 0 bridgehead atoms. The number of hydrogen-bond acceptors (Lipinski definition) is 4. The molecule has 6 nitrogen and oxygen atoms in total. The Morgan fingerprint density at radius 1 is 1.30 bits per heavy atom. The van der Waals surface area contributed by atoms with Crippen molar-refractivity contribution in [3.05, 3.63) is 54.2 Å². The first-order valence-corrected chi connectivity index (χ1v) is 7.77.